The molecule has 8 heavy (non-hydrogen) atoms. The molecule has 1 unspecified atom stereocenters. The number of carboxylic acids is 1. The maximum atomic E-state index is 12.0. The van der Waals surface area contributed by atoms with E-state index in [0.717, 1.165) is 0 Å². The van der Waals surface area contributed by atoms with E-state index >= 15 is 0 Å². The second-order valence-corrected chi connectivity index (χ2v) is 1.80. The first-order valence-corrected chi connectivity index (χ1v) is 2.42. The molecule has 2 atom stereocenters. The Hall–Kier alpha value is -0.600. The van der Waals surface area contributed by atoms with Crippen molar-refractivity contribution in [2.24, 2.45) is 5.92 Å². The lowest BCUT2D eigenvalue weighted by Gasteiger charge is -2.04. The van der Waals surface area contributed by atoms with Crippen LogP contribution in [0, 0.1) is 5.92 Å². The molecular formula is C5H9FO2. The Bertz CT molecular complexity index is 90.4. The summed E-state index contributed by atoms with van der Waals surface area (Å²) in [7, 11) is 0. The van der Waals surface area contributed by atoms with Crippen LogP contribution >= 0.6 is 0 Å². The second-order valence-electron chi connectivity index (χ2n) is 1.80. The van der Waals surface area contributed by atoms with Gasteiger partial charge in [0.05, 0.1) is 5.92 Å². The summed E-state index contributed by atoms with van der Waals surface area (Å²) in [5, 5.41) is 8.11. The molecule has 0 aliphatic rings. The SMILES string of the molecule is CC(F)[C@@H](C)C(=O)O. The molecule has 48 valence electrons. The van der Waals surface area contributed by atoms with Gasteiger partial charge in [-0.05, 0) is 13.8 Å². The van der Waals surface area contributed by atoms with E-state index in [9.17, 15) is 9.18 Å². The third-order valence-electron chi connectivity index (χ3n) is 1.08. The van der Waals surface area contributed by atoms with E-state index in [1.54, 1.807) is 0 Å². The van der Waals surface area contributed by atoms with Gasteiger partial charge in [-0.2, -0.15) is 0 Å². The smallest absolute Gasteiger partial charge is 0.309 e. The Balaban J connectivity index is 3.64. The van der Waals surface area contributed by atoms with Crippen LogP contribution in [0.2, 0.25) is 0 Å². The fraction of sp³-hybridized carbons (Fsp3) is 0.800. The molecule has 0 aromatic carbocycles. The summed E-state index contributed by atoms with van der Waals surface area (Å²) in [6, 6.07) is 0. The zero-order valence-electron chi connectivity index (χ0n) is 4.89. The third kappa shape index (κ3) is 1.91. The number of hydrogen-bond donors (Lipinski definition) is 1. The predicted molar refractivity (Wildman–Crippen MR) is 27.4 cm³/mol. The van der Waals surface area contributed by atoms with Gasteiger partial charge in [0, 0.05) is 0 Å². The van der Waals surface area contributed by atoms with Crippen LogP contribution in [0.25, 0.3) is 0 Å². The number of carboxylic acid groups (broad SMARTS) is 1. The van der Waals surface area contributed by atoms with Crippen molar-refractivity contribution in [2.75, 3.05) is 0 Å². The van der Waals surface area contributed by atoms with E-state index in [0.29, 0.717) is 0 Å². The molecule has 3 heteroatoms. The quantitative estimate of drug-likeness (QED) is 0.591. The van der Waals surface area contributed by atoms with Gasteiger partial charge in [0.2, 0.25) is 0 Å². The van der Waals surface area contributed by atoms with Crippen LogP contribution in [0.1, 0.15) is 13.8 Å². The Morgan fingerprint density at radius 2 is 2.00 bits per heavy atom. The van der Waals surface area contributed by atoms with Crippen LogP contribution in [0.5, 0.6) is 0 Å². The normalized spacial score (nSPS) is 17.4. The number of hydrogen-bond acceptors (Lipinski definition) is 1. The molecule has 0 aliphatic carbocycles. The highest BCUT2D eigenvalue weighted by Crippen LogP contribution is 2.04. The van der Waals surface area contributed by atoms with Crippen LogP contribution < -0.4 is 0 Å². The summed E-state index contributed by atoms with van der Waals surface area (Å²) >= 11 is 0. The molecule has 0 saturated carbocycles. The lowest BCUT2D eigenvalue weighted by atomic mass is 10.1. The second kappa shape index (κ2) is 2.64. The molecule has 0 aromatic heterocycles. The van der Waals surface area contributed by atoms with Crippen LogP contribution in [-0.4, -0.2) is 17.2 Å². The maximum absolute atomic E-state index is 12.0. The van der Waals surface area contributed by atoms with Crippen molar-refractivity contribution in [1.29, 1.82) is 0 Å². The Kier molecular flexibility index (Phi) is 2.45. The largest absolute Gasteiger partial charge is 0.481 e. The van der Waals surface area contributed by atoms with Gasteiger partial charge in [-0.15, -0.1) is 0 Å². The summed E-state index contributed by atoms with van der Waals surface area (Å²) < 4.78 is 12.0. The van der Waals surface area contributed by atoms with Crippen molar-refractivity contribution in [1.82, 2.24) is 0 Å². The van der Waals surface area contributed by atoms with E-state index < -0.39 is 18.1 Å². The van der Waals surface area contributed by atoms with E-state index in [2.05, 4.69) is 0 Å². The predicted octanol–water partition coefficient (Wildman–Crippen LogP) is 1.07. The van der Waals surface area contributed by atoms with Gasteiger partial charge in [-0.25, -0.2) is 4.39 Å². The fourth-order valence-corrected chi connectivity index (χ4v) is 0.196. The zero-order chi connectivity index (χ0) is 6.73. The summed E-state index contributed by atoms with van der Waals surface area (Å²) in [5.41, 5.74) is 0. The van der Waals surface area contributed by atoms with Crippen molar-refractivity contribution in [3.05, 3.63) is 0 Å². The van der Waals surface area contributed by atoms with E-state index in [-0.39, 0.29) is 0 Å². The number of carbonyl (C=O) groups is 1. The molecule has 0 rings (SSSR count). The Morgan fingerprint density at radius 3 is 2.00 bits per heavy atom. The van der Waals surface area contributed by atoms with Gasteiger partial charge in [-0.1, -0.05) is 0 Å². The molecule has 0 bridgehead atoms. The standard InChI is InChI=1S/C5H9FO2/c1-3(4(2)6)5(7)8/h3-4H,1-2H3,(H,7,8)/t3-,4?/m1/s1. The number of halogens is 1. The van der Waals surface area contributed by atoms with E-state index in [1.165, 1.54) is 13.8 Å². The fourth-order valence-electron chi connectivity index (χ4n) is 0.196. The van der Waals surface area contributed by atoms with Crippen LogP contribution in [0.4, 0.5) is 4.39 Å². The van der Waals surface area contributed by atoms with Crippen molar-refractivity contribution in [2.45, 2.75) is 20.0 Å². The zero-order valence-corrected chi connectivity index (χ0v) is 4.89. The van der Waals surface area contributed by atoms with E-state index in [4.69, 9.17) is 5.11 Å². The minimum absolute atomic E-state index is 0.880. The van der Waals surface area contributed by atoms with Crippen LogP contribution in [0.3, 0.4) is 0 Å². The van der Waals surface area contributed by atoms with Crippen LogP contribution in [-0.2, 0) is 4.79 Å². The summed E-state index contributed by atoms with van der Waals surface area (Å²) in [6.45, 7) is 2.58. The Labute approximate surface area is 47.3 Å². The first-order valence-electron chi connectivity index (χ1n) is 2.42. The van der Waals surface area contributed by atoms with E-state index in [1.807, 2.05) is 0 Å². The summed E-state index contributed by atoms with van der Waals surface area (Å²) in [4.78, 5) is 9.90. The summed E-state index contributed by atoms with van der Waals surface area (Å²) in [5.74, 6) is -1.96. The van der Waals surface area contributed by atoms with Crippen molar-refractivity contribution < 1.29 is 14.3 Å². The highest BCUT2D eigenvalue weighted by molar-refractivity contribution is 5.70. The van der Waals surface area contributed by atoms with Crippen LogP contribution in [0.15, 0.2) is 0 Å². The molecule has 0 saturated heterocycles. The van der Waals surface area contributed by atoms with Gasteiger partial charge >= 0.3 is 5.97 Å². The van der Waals surface area contributed by atoms with Gasteiger partial charge in [0.1, 0.15) is 6.17 Å². The minimum atomic E-state index is -1.26. The van der Waals surface area contributed by atoms with Gasteiger partial charge < -0.3 is 5.11 Å². The monoisotopic (exact) mass is 120 g/mol. The number of aliphatic carboxylic acids is 1. The lowest BCUT2D eigenvalue weighted by Crippen LogP contribution is -2.18. The Morgan fingerprint density at radius 1 is 1.62 bits per heavy atom. The highest BCUT2D eigenvalue weighted by atomic mass is 19.1. The highest BCUT2D eigenvalue weighted by Gasteiger charge is 2.17. The molecule has 1 N–H and O–H groups in total. The van der Waals surface area contributed by atoms with Crippen molar-refractivity contribution in [3.63, 3.8) is 0 Å². The molecule has 0 fully saturated rings. The molecule has 0 radical (unpaired) electrons. The first kappa shape index (κ1) is 7.40. The topological polar surface area (TPSA) is 37.3 Å². The minimum Gasteiger partial charge on any atom is -0.481 e. The van der Waals surface area contributed by atoms with Crippen molar-refractivity contribution in [3.8, 4) is 0 Å². The first-order chi connectivity index (χ1) is 3.55. The lowest BCUT2D eigenvalue weighted by molar-refractivity contribution is -0.142. The molecule has 2 nitrogen and oxygen atoms in total. The molecule has 0 amide bonds. The maximum Gasteiger partial charge on any atom is 0.309 e. The summed E-state index contributed by atoms with van der Waals surface area (Å²) in [6.07, 6.45) is -1.26. The van der Waals surface area contributed by atoms with Gasteiger partial charge in [-0.3, -0.25) is 4.79 Å². The molecule has 0 spiro atoms. The molecular weight excluding hydrogens is 111 g/mol. The number of alkyl halides is 1. The molecule has 0 aromatic rings. The van der Waals surface area contributed by atoms with Crippen molar-refractivity contribution >= 4 is 5.97 Å². The molecule has 0 heterocycles. The van der Waals surface area contributed by atoms with Gasteiger partial charge in [0.25, 0.3) is 0 Å². The number of rotatable bonds is 2. The average Bonchev–Trinajstić information content (AvgIpc) is 1.64. The third-order valence-corrected chi connectivity index (χ3v) is 1.08. The molecule has 0 aliphatic heterocycles. The average molecular weight is 120 g/mol. The van der Waals surface area contributed by atoms with Gasteiger partial charge in [0.15, 0.2) is 0 Å².